The fraction of sp³-hybridized carbons (Fsp3) is 0.333. The van der Waals surface area contributed by atoms with Crippen LogP contribution in [-0.2, 0) is 13.5 Å². The van der Waals surface area contributed by atoms with E-state index in [1.54, 1.807) is 0 Å². The summed E-state index contributed by atoms with van der Waals surface area (Å²) < 4.78 is 11.2. The molecule has 0 bridgehead atoms. The number of para-hydroxylation sites is 2. The molecule has 0 N–H and O–H groups in total. The number of pyridine rings is 1. The number of imidazole rings is 1. The first kappa shape index (κ1) is 19.8. The van der Waals surface area contributed by atoms with Crippen LogP contribution in [0.25, 0.3) is 44.5 Å². The second-order valence-electron chi connectivity index (χ2n) is 9.32. The van der Waals surface area contributed by atoms with Gasteiger partial charge in [-0.2, -0.15) is 0 Å². The maximum Gasteiger partial charge on any atom is 0.293 e. The summed E-state index contributed by atoms with van der Waals surface area (Å²) in [5.41, 5.74) is 7.54. The van der Waals surface area contributed by atoms with Crippen LogP contribution in [-0.4, -0.2) is 9.55 Å². The number of aryl methyl sites for hydroxylation is 2. The summed E-state index contributed by atoms with van der Waals surface area (Å²) in [6.45, 7) is 11.1. The van der Waals surface area contributed by atoms with Crippen LogP contribution in [0.5, 0.6) is 0 Å². The summed E-state index contributed by atoms with van der Waals surface area (Å²) in [4.78, 5) is 4.86. The van der Waals surface area contributed by atoms with E-state index in [2.05, 4.69) is 99.3 Å². The van der Waals surface area contributed by atoms with Crippen molar-refractivity contribution < 1.29 is 8.98 Å². The molecule has 0 aliphatic carbocycles. The van der Waals surface area contributed by atoms with Crippen molar-refractivity contribution in [2.75, 3.05) is 0 Å². The Morgan fingerprint density at radius 3 is 2.45 bits per heavy atom. The number of furan rings is 1. The Kier molecular flexibility index (Phi) is 4.62. The highest BCUT2D eigenvalue weighted by atomic mass is 16.3. The smallest absolute Gasteiger partial charge is 0.293 e. The molecule has 31 heavy (non-hydrogen) atoms. The molecular formula is C27H30N3O+. The van der Waals surface area contributed by atoms with Gasteiger partial charge in [0.25, 0.3) is 5.82 Å². The Hall–Kier alpha value is -3.14. The zero-order valence-corrected chi connectivity index (χ0v) is 19.2. The van der Waals surface area contributed by atoms with Crippen molar-refractivity contribution in [3.63, 3.8) is 0 Å². The highest BCUT2D eigenvalue weighted by Gasteiger charge is 2.30. The lowest BCUT2D eigenvalue weighted by atomic mass is 10.0. The Bertz CT molecular complexity index is 1440. The molecule has 0 radical (unpaired) electrons. The molecule has 0 aliphatic rings. The van der Waals surface area contributed by atoms with Crippen molar-refractivity contribution in [2.45, 2.75) is 47.1 Å². The van der Waals surface area contributed by atoms with E-state index in [1.165, 1.54) is 22.4 Å². The van der Waals surface area contributed by atoms with E-state index >= 15 is 0 Å². The van der Waals surface area contributed by atoms with Gasteiger partial charge in [-0.25, -0.2) is 14.1 Å². The van der Waals surface area contributed by atoms with E-state index in [4.69, 9.17) is 9.40 Å². The van der Waals surface area contributed by atoms with Crippen LogP contribution in [0.15, 0.2) is 52.9 Å². The zero-order valence-electron chi connectivity index (χ0n) is 19.2. The van der Waals surface area contributed by atoms with Crippen molar-refractivity contribution >= 4 is 33.1 Å². The maximum absolute atomic E-state index is 6.49. The average Bonchev–Trinajstić information content (AvgIpc) is 3.22. The van der Waals surface area contributed by atoms with E-state index in [0.717, 1.165) is 39.7 Å². The van der Waals surface area contributed by atoms with Crippen LogP contribution in [0.3, 0.4) is 0 Å². The van der Waals surface area contributed by atoms with Crippen molar-refractivity contribution in [2.24, 2.45) is 13.0 Å². The average molecular weight is 413 g/mol. The first-order chi connectivity index (χ1) is 14.9. The van der Waals surface area contributed by atoms with Gasteiger partial charge < -0.3 is 4.42 Å². The molecule has 4 heteroatoms. The highest BCUT2D eigenvalue weighted by molar-refractivity contribution is 6.08. The molecule has 0 amide bonds. The fourth-order valence-electron chi connectivity index (χ4n) is 4.82. The second kappa shape index (κ2) is 7.23. The van der Waals surface area contributed by atoms with Crippen molar-refractivity contribution in [1.29, 1.82) is 0 Å². The molecule has 2 aromatic carbocycles. The van der Waals surface area contributed by atoms with Gasteiger partial charge in [0, 0.05) is 16.5 Å². The normalized spacial score (nSPS) is 12.3. The number of hydrogen-bond donors (Lipinski definition) is 0. The SMILES string of the molecule is Cc1ccc2c(oc3nc(CC(C)C)ccc32)c1-c1n(C(C)C)c2ccccc2[n+]1C. The van der Waals surface area contributed by atoms with Crippen LogP contribution in [0, 0.1) is 12.8 Å². The third kappa shape index (κ3) is 3.04. The zero-order chi connectivity index (χ0) is 21.9. The molecule has 0 unspecified atom stereocenters. The molecule has 0 spiro atoms. The number of fused-ring (bicyclic) bond motifs is 4. The van der Waals surface area contributed by atoms with Gasteiger partial charge in [0.15, 0.2) is 16.6 Å². The number of aromatic nitrogens is 3. The number of rotatable bonds is 4. The molecule has 0 fully saturated rings. The van der Waals surface area contributed by atoms with Gasteiger partial charge in [-0.1, -0.05) is 38.1 Å². The maximum atomic E-state index is 6.49. The van der Waals surface area contributed by atoms with E-state index in [1.807, 2.05) is 0 Å². The molecule has 5 rings (SSSR count). The third-order valence-corrected chi connectivity index (χ3v) is 6.18. The second-order valence-corrected chi connectivity index (χ2v) is 9.32. The third-order valence-electron chi connectivity index (χ3n) is 6.18. The summed E-state index contributed by atoms with van der Waals surface area (Å²) in [6.07, 6.45) is 0.954. The van der Waals surface area contributed by atoms with Crippen molar-refractivity contribution in [3.05, 3.63) is 59.8 Å². The fourth-order valence-corrected chi connectivity index (χ4v) is 4.82. The highest BCUT2D eigenvalue weighted by Crippen LogP contribution is 2.38. The van der Waals surface area contributed by atoms with E-state index in [9.17, 15) is 0 Å². The molecule has 0 saturated carbocycles. The Morgan fingerprint density at radius 1 is 0.968 bits per heavy atom. The first-order valence-electron chi connectivity index (χ1n) is 11.2. The molecule has 4 nitrogen and oxygen atoms in total. The van der Waals surface area contributed by atoms with Crippen LogP contribution in [0.4, 0.5) is 0 Å². The molecule has 3 heterocycles. The summed E-state index contributed by atoms with van der Waals surface area (Å²) in [7, 11) is 2.15. The predicted octanol–water partition coefficient (Wildman–Crippen LogP) is 6.52. The summed E-state index contributed by atoms with van der Waals surface area (Å²) in [5, 5.41) is 2.21. The molecule has 0 saturated heterocycles. The quantitative estimate of drug-likeness (QED) is 0.315. The minimum Gasteiger partial charge on any atom is -0.437 e. The Morgan fingerprint density at radius 2 is 1.71 bits per heavy atom. The molecule has 158 valence electrons. The molecular weight excluding hydrogens is 382 g/mol. The van der Waals surface area contributed by atoms with Gasteiger partial charge in [0.2, 0.25) is 5.71 Å². The largest absolute Gasteiger partial charge is 0.437 e. The predicted molar refractivity (Wildman–Crippen MR) is 127 cm³/mol. The lowest BCUT2D eigenvalue weighted by molar-refractivity contribution is -0.634. The number of nitrogens with zero attached hydrogens (tertiary/aromatic N) is 3. The van der Waals surface area contributed by atoms with Gasteiger partial charge >= 0.3 is 0 Å². The van der Waals surface area contributed by atoms with Gasteiger partial charge in [0.1, 0.15) is 5.56 Å². The van der Waals surface area contributed by atoms with Crippen LogP contribution >= 0.6 is 0 Å². The van der Waals surface area contributed by atoms with Gasteiger partial charge in [-0.05, 0) is 62.9 Å². The molecule has 5 aromatic rings. The topological polar surface area (TPSA) is 34.8 Å². The summed E-state index contributed by atoms with van der Waals surface area (Å²) in [6, 6.07) is 17.6. The van der Waals surface area contributed by atoms with Gasteiger partial charge in [0.05, 0.1) is 13.1 Å². The minimum absolute atomic E-state index is 0.316. The lowest BCUT2D eigenvalue weighted by Crippen LogP contribution is -2.30. The van der Waals surface area contributed by atoms with Crippen LogP contribution in [0.2, 0.25) is 0 Å². The van der Waals surface area contributed by atoms with E-state index in [-0.39, 0.29) is 0 Å². The minimum atomic E-state index is 0.316. The van der Waals surface area contributed by atoms with Crippen LogP contribution < -0.4 is 4.57 Å². The molecule has 0 aliphatic heterocycles. The van der Waals surface area contributed by atoms with Gasteiger partial charge in [-0.3, -0.25) is 0 Å². The van der Waals surface area contributed by atoms with E-state index < -0.39 is 0 Å². The Labute approximate surface area is 183 Å². The summed E-state index contributed by atoms with van der Waals surface area (Å²) in [5.74, 6) is 1.73. The van der Waals surface area contributed by atoms with Crippen molar-refractivity contribution in [3.8, 4) is 11.4 Å². The lowest BCUT2D eigenvalue weighted by Gasteiger charge is -2.09. The van der Waals surface area contributed by atoms with Crippen molar-refractivity contribution in [1.82, 2.24) is 9.55 Å². The monoisotopic (exact) mass is 412 g/mol. The Balaban J connectivity index is 1.86. The summed E-state index contributed by atoms with van der Waals surface area (Å²) >= 11 is 0. The van der Waals surface area contributed by atoms with Gasteiger partial charge in [-0.15, -0.1) is 0 Å². The van der Waals surface area contributed by atoms with Crippen LogP contribution in [0.1, 0.15) is 45.0 Å². The standard InChI is InChI=1S/C27H30N3O/c1-16(2)15-19-12-14-21-20-13-11-18(5)24(25(20)31-26(21)28-19)27-29(6)22-9-7-8-10-23(22)30(27)17(3)4/h7-14,16-17H,15H2,1-6H3/q+1. The molecule has 3 aromatic heterocycles. The first-order valence-corrected chi connectivity index (χ1v) is 11.2. The number of benzene rings is 2. The van der Waals surface area contributed by atoms with E-state index in [0.29, 0.717) is 12.0 Å². The molecule has 0 atom stereocenters. The number of hydrogen-bond acceptors (Lipinski definition) is 2.